The summed E-state index contributed by atoms with van der Waals surface area (Å²) in [7, 11) is -3.43. The highest BCUT2D eigenvalue weighted by atomic mass is 32.2. The zero-order chi connectivity index (χ0) is 12.4. The van der Waals surface area contributed by atoms with Crippen molar-refractivity contribution in [3.63, 3.8) is 0 Å². The van der Waals surface area contributed by atoms with Gasteiger partial charge in [0.1, 0.15) is 5.82 Å². The third kappa shape index (κ3) is 3.94. The smallest absolute Gasteiger partial charge is 0.257 e. The van der Waals surface area contributed by atoms with E-state index in [2.05, 4.69) is 35.5 Å². The molecule has 0 atom stereocenters. The summed E-state index contributed by atoms with van der Waals surface area (Å²) in [6.45, 7) is 8.36. The summed E-state index contributed by atoms with van der Waals surface area (Å²) in [5.41, 5.74) is 0.117. The van der Waals surface area contributed by atoms with Crippen LogP contribution in [-0.4, -0.2) is 24.9 Å². The highest BCUT2D eigenvalue weighted by Gasteiger charge is 2.17. The van der Waals surface area contributed by atoms with Crippen molar-refractivity contribution in [2.75, 3.05) is 6.54 Å². The van der Waals surface area contributed by atoms with Crippen LogP contribution < -0.4 is 4.72 Å². The molecule has 1 heterocycles. The van der Waals surface area contributed by atoms with Crippen LogP contribution in [0.2, 0.25) is 0 Å². The third-order valence-electron chi connectivity index (χ3n) is 2.14. The molecule has 0 amide bonds. The van der Waals surface area contributed by atoms with E-state index in [1.54, 1.807) is 6.92 Å². The van der Waals surface area contributed by atoms with E-state index in [1.807, 2.05) is 0 Å². The molecule has 0 saturated heterocycles. The summed E-state index contributed by atoms with van der Waals surface area (Å²) in [5.74, 6) is 0.594. The van der Waals surface area contributed by atoms with Crippen LogP contribution in [0.15, 0.2) is 11.2 Å². The Bertz CT molecular complexity index is 443. The van der Waals surface area contributed by atoms with E-state index in [1.165, 1.54) is 6.20 Å². The number of hydrogen-bond acceptors (Lipinski definition) is 3. The summed E-state index contributed by atoms with van der Waals surface area (Å²) in [5, 5.41) is 0.124. The maximum absolute atomic E-state index is 11.7. The summed E-state index contributed by atoms with van der Waals surface area (Å²) < 4.78 is 26.0. The van der Waals surface area contributed by atoms with Gasteiger partial charge in [0.2, 0.25) is 0 Å². The Morgan fingerprint density at radius 2 is 2.06 bits per heavy atom. The van der Waals surface area contributed by atoms with Crippen molar-refractivity contribution < 1.29 is 8.42 Å². The maximum Gasteiger partial charge on any atom is 0.257 e. The van der Waals surface area contributed by atoms with Crippen LogP contribution >= 0.6 is 0 Å². The molecule has 2 N–H and O–H groups in total. The van der Waals surface area contributed by atoms with E-state index in [0.29, 0.717) is 12.4 Å². The van der Waals surface area contributed by atoms with E-state index >= 15 is 0 Å². The van der Waals surface area contributed by atoms with Crippen LogP contribution in [0.1, 0.15) is 33.0 Å². The van der Waals surface area contributed by atoms with Crippen molar-refractivity contribution in [2.24, 2.45) is 5.41 Å². The van der Waals surface area contributed by atoms with Crippen molar-refractivity contribution in [3.8, 4) is 0 Å². The van der Waals surface area contributed by atoms with Gasteiger partial charge in [-0.05, 0) is 18.8 Å². The number of rotatable bonds is 4. The highest BCUT2D eigenvalue weighted by Crippen LogP contribution is 2.17. The Balaban J connectivity index is 2.60. The Kier molecular flexibility index (Phi) is 3.75. The van der Waals surface area contributed by atoms with Gasteiger partial charge < -0.3 is 4.98 Å². The molecule has 0 spiro atoms. The maximum atomic E-state index is 11.7. The molecule has 0 bridgehead atoms. The van der Waals surface area contributed by atoms with Gasteiger partial charge in [0.05, 0.1) is 6.20 Å². The third-order valence-corrected chi connectivity index (χ3v) is 3.51. The van der Waals surface area contributed by atoms with Gasteiger partial charge in [0, 0.05) is 6.54 Å². The second-order valence-corrected chi connectivity index (χ2v) is 6.78. The van der Waals surface area contributed by atoms with E-state index < -0.39 is 10.0 Å². The van der Waals surface area contributed by atoms with Crippen molar-refractivity contribution >= 4 is 10.0 Å². The predicted molar refractivity (Wildman–Crippen MR) is 62.6 cm³/mol. The summed E-state index contributed by atoms with van der Waals surface area (Å²) >= 11 is 0. The minimum atomic E-state index is -3.43. The number of aryl methyl sites for hydroxylation is 1. The number of H-pyrrole nitrogens is 1. The lowest BCUT2D eigenvalue weighted by atomic mass is 9.93. The molecule has 1 rings (SSSR count). The fourth-order valence-electron chi connectivity index (χ4n) is 1.17. The molecule has 0 unspecified atom stereocenters. The van der Waals surface area contributed by atoms with Gasteiger partial charge in [-0.25, -0.2) is 18.1 Å². The number of aromatic amines is 1. The van der Waals surface area contributed by atoms with Gasteiger partial charge in [-0.15, -0.1) is 0 Å². The monoisotopic (exact) mass is 245 g/mol. The lowest BCUT2D eigenvalue weighted by Crippen LogP contribution is -2.27. The fourth-order valence-corrected chi connectivity index (χ4v) is 2.17. The molecule has 0 saturated carbocycles. The first-order chi connectivity index (χ1) is 7.21. The normalized spacial score (nSPS) is 13.0. The zero-order valence-electron chi connectivity index (χ0n) is 10.2. The van der Waals surface area contributed by atoms with E-state index in [-0.39, 0.29) is 10.4 Å². The van der Waals surface area contributed by atoms with Crippen LogP contribution in [0.3, 0.4) is 0 Å². The molecule has 1 aromatic rings. The molecule has 5 nitrogen and oxygen atoms in total. The number of nitrogens with one attached hydrogen (secondary N) is 2. The number of hydrogen-bond donors (Lipinski definition) is 2. The largest absolute Gasteiger partial charge is 0.332 e. The second-order valence-electron chi connectivity index (χ2n) is 5.04. The van der Waals surface area contributed by atoms with Gasteiger partial charge in [-0.2, -0.15) is 0 Å². The molecular weight excluding hydrogens is 226 g/mol. The zero-order valence-corrected chi connectivity index (χ0v) is 11.0. The molecule has 0 aromatic carbocycles. The van der Waals surface area contributed by atoms with Crippen molar-refractivity contribution in [2.45, 2.75) is 39.1 Å². The number of aromatic nitrogens is 2. The molecular formula is C10H19N3O2S. The van der Waals surface area contributed by atoms with E-state index in [9.17, 15) is 8.42 Å². The quantitative estimate of drug-likeness (QED) is 0.842. The summed E-state index contributed by atoms with van der Waals surface area (Å²) in [6.07, 6.45) is 2.12. The molecule has 0 radical (unpaired) electrons. The van der Waals surface area contributed by atoms with Crippen molar-refractivity contribution in [1.82, 2.24) is 14.7 Å². The molecule has 0 fully saturated rings. The minimum absolute atomic E-state index is 0.117. The first-order valence-corrected chi connectivity index (χ1v) is 6.70. The average molecular weight is 245 g/mol. The first kappa shape index (κ1) is 13.2. The SMILES string of the molecule is Cc1ncc(S(=O)(=O)NCCC(C)(C)C)[nH]1. The Hall–Kier alpha value is -0.880. The Labute approximate surface area is 96.7 Å². The molecule has 6 heteroatoms. The second kappa shape index (κ2) is 4.55. The summed E-state index contributed by atoms with van der Waals surface area (Å²) in [4.78, 5) is 6.57. The lowest BCUT2D eigenvalue weighted by Gasteiger charge is -2.17. The number of nitrogens with zero attached hydrogens (tertiary/aromatic N) is 1. The van der Waals surface area contributed by atoms with Gasteiger partial charge in [-0.3, -0.25) is 0 Å². The summed E-state index contributed by atoms with van der Waals surface area (Å²) in [6, 6.07) is 0. The topological polar surface area (TPSA) is 74.8 Å². The van der Waals surface area contributed by atoms with E-state index in [0.717, 1.165) is 6.42 Å². The first-order valence-electron chi connectivity index (χ1n) is 5.22. The minimum Gasteiger partial charge on any atom is -0.332 e. The molecule has 0 aliphatic carbocycles. The van der Waals surface area contributed by atoms with Gasteiger partial charge in [0.15, 0.2) is 5.03 Å². The average Bonchev–Trinajstić information content (AvgIpc) is 2.49. The molecule has 1 aromatic heterocycles. The van der Waals surface area contributed by atoms with E-state index in [4.69, 9.17) is 0 Å². The number of sulfonamides is 1. The predicted octanol–water partition coefficient (Wildman–Crippen LogP) is 1.43. The molecule has 0 aliphatic heterocycles. The highest BCUT2D eigenvalue weighted by molar-refractivity contribution is 7.89. The van der Waals surface area contributed by atoms with Crippen molar-refractivity contribution in [1.29, 1.82) is 0 Å². The fraction of sp³-hybridized carbons (Fsp3) is 0.700. The van der Waals surface area contributed by atoms with Crippen LogP contribution in [-0.2, 0) is 10.0 Å². The van der Waals surface area contributed by atoms with Gasteiger partial charge in [-0.1, -0.05) is 20.8 Å². The molecule has 0 aliphatic rings. The standard InChI is InChI=1S/C10H19N3O2S/c1-8-11-7-9(13-8)16(14,15)12-6-5-10(2,3)4/h7,12H,5-6H2,1-4H3,(H,11,13). The van der Waals surface area contributed by atoms with Crippen molar-refractivity contribution in [3.05, 3.63) is 12.0 Å². The number of imidazole rings is 1. The molecule has 16 heavy (non-hydrogen) atoms. The Morgan fingerprint density at radius 1 is 1.44 bits per heavy atom. The van der Waals surface area contributed by atoms with Gasteiger partial charge in [0.25, 0.3) is 10.0 Å². The van der Waals surface area contributed by atoms with Crippen LogP contribution in [0, 0.1) is 12.3 Å². The lowest BCUT2D eigenvalue weighted by molar-refractivity contribution is 0.378. The Morgan fingerprint density at radius 3 is 2.50 bits per heavy atom. The van der Waals surface area contributed by atoms with Crippen LogP contribution in [0.25, 0.3) is 0 Å². The van der Waals surface area contributed by atoms with Gasteiger partial charge >= 0.3 is 0 Å². The molecule has 92 valence electrons. The van der Waals surface area contributed by atoms with Crippen LogP contribution in [0.4, 0.5) is 0 Å². The van der Waals surface area contributed by atoms with Crippen LogP contribution in [0.5, 0.6) is 0 Å².